The topological polar surface area (TPSA) is 18.5 Å². The third-order valence-corrected chi connectivity index (χ3v) is 4.34. The van der Waals surface area contributed by atoms with Gasteiger partial charge in [0.1, 0.15) is 0 Å². The van der Waals surface area contributed by atoms with Gasteiger partial charge in [-0.05, 0) is 38.1 Å². The lowest BCUT2D eigenvalue weighted by atomic mass is 9.97. The van der Waals surface area contributed by atoms with E-state index in [0.717, 1.165) is 12.0 Å². The summed E-state index contributed by atoms with van der Waals surface area (Å²) in [5.41, 5.74) is 0. The van der Waals surface area contributed by atoms with Crippen LogP contribution in [0, 0.1) is 5.92 Å². The first-order chi connectivity index (χ1) is 7.92. The zero-order valence-corrected chi connectivity index (χ0v) is 10.3. The SMILES string of the molecule is C1C[C@H](CN2CCNCC2)CN(C2CC2)C1. The first kappa shape index (κ1) is 11.0. The van der Waals surface area contributed by atoms with E-state index in [1.165, 1.54) is 71.5 Å². The smallest absolute Gasteiger partial charge is 0.0107 e. The minimum atomic E-state index is 0.951. The summed E-state index contributed by atoms with van der Waals surface area (Å²) in [6.07, 6.45) is 5.85. The zero-order chi connectivity index (χ0) is 10.8. The molecule has 0 radical (unpaired) electrons. The molecule has 3 aliphatic rings. The summed E-state index contributed by atoms with van der Waals surface area (Å²) in [4.78, 5) is 5.42. The van der Waals surface area contributed by atoms with Crippen molar-refractivity contribution in [2.75, 3.05) is 45.8 Å². The van der Waals surface area contributed by atoms with E-state index in [2.05, 4.69) is 15.1 Å². The Morgan fingerprint density at radius 2 is 1.81 bits per heavy atom. The molecule has 0 unspecified atom stereocenters. The average Bonchev–Trinajstić information content (AvgIpc) is 3.15. The van der Waals surface area contributed by atoms with Crippen LogP contribution in [0.15, 0.2) is 0 Å². The third-order valence-electron chi connectivity index (χ3n) is 4.34. The molecule has 1 saturated carbocycles. The number of hydrogen-bond acceptors (Lipinski definition) is 3. The van der Waals surface area contributed by atoms with Crippen molar-refractivity contribution in [2.45, 2.75) is 31.7 Å². The number of hydrogen-bond donors (Lipinski definition) is 1. The molecular weight excluding hydrogens is 198 g/mol. The van der Waals surface area contributed by atoms with Crippen LogP contribution in [-0.4, -0.2) is 61.7 Å². The second kappa shape index (κ2) is 5.03. The third kappa shape index (κ3) is 2.76. The van der Waals surface area contributed by atoms with Gasteiger partial charge in [0.05, 0.1) is 0 Å². The lowest BCUT2D eigenvalue weighted by Crippen LogP contribution is -2.48. The van der Waals surface area contributed by atoms with E-state index in [0.29, 0.717) is 0 Å². The minimum absolute atomic E-state index is 0.951. The molecule has 2 heterocycles. The quantitative estimate of drug-likeness (QED) is 0.762. The summed E-state index contributed by atoms with van der Waals surface area (Å²) in [5.74, 6) is 0.951. The van der Waals surface area contributed by atoms with Crippen LogP contribution in [0.2, 0.25) is 0 Å². The molecule has 1 atom stereocenters. The van der Waals surface area contributed by atoms with Crippen molar-refractivity contribution >= 4 is 0 Å². The number of piperidine rings is 1. The van der Waals surface area contributed by atoms with Gasteiger partial charge in [0.25, 0.3) is 0 Å². The number of piperazine rings is 1. The maximum atomic E-state index is 3.44. The van der Waals surface area contributed by atoms with Gasteiger partial charge in [0.2, 0.25) is 0 Å². The molecule has 0 aromatic carbocycles. The molecule has 2 aliphatic heterocycles. The van der Waals surface area contributed by atoms with Crippen LogP contribution in [-0.2, 0) is 0 Å². The van der Waals surface area contributed by atoms with Crippen molar-refractivity contribution in [1.29, 1.82) is 0 Å². The molecule has 16 heavy (non-hydrogen) atoms. The van der Waals surface area contributed by atoms with E-state index in [-0.39, 0.29) is 0 Å². The highest BCUT2D eigenvalue weighted by Crippen LogP contribution is 2.31. The van der Waals surface area contributed by atoms with Crippen LogP contribution in [0.5, 0.6) is 0 Å². The molecular formula is C13H25N3. The lowest BCUT2D eigenvalue weighted by Gasteiger charge is -2.37. The maximum Gasteiger partial charge on any atom is 0.0107 e. The molecule has 2 saturated heterocycles. The van der Waals surface area contributed by atoms with Crippen LogP contribution in [0.1, 0.15) is 25.7 Å². The maximum absolute atomic E-state index is 3.44. The highest BCUT2D eigenvalue weighted by Gasteiger charge is 2.32. The fraction of sp³-hybridized carbons (Fsp3) is 1.00. The van der Waals surface area contributed by atoms with Crippen LogP contribution >= 0.6 is 0 Å². The fourth-order valence-electron chi connectivity index (χ4n) is 3.28. The molecule has 0 aromatic rings. The van der Waals surface area contributed by atoms with E-state index < -0.39 is 0 Å². The Morgan fingerprint density at radius 3 is 2.56 bits per heavy atom. The molecule has 92 valence electrons. The van der Waals surface area contributed by atoms with Gasteiger partial charge in [0, 0.05) is 45.3 Å². The first-order valence-corrected chi connectivity index (χ1v) is 7.09. The summed E-state index contributed by atoms with van der Waals surface area (Å²) in [6.45, 7) is 9.03. The van der Waals surface area contributed by atoms with Gasteiger partial charge >= 0.3 is 0 Å². The molecule has 3 fully saturated rings. The van der Waals surface area contributed by atoms with E-state index in [1.54, 1.807) is 0 Å². The predicted molar refractivity (Wildman–Crippen MR) is 66.6 cm³/mol. The van der Waals surface area contributed by atoms with E-state index in [1.807, 2.05) is 0 Å². The number of rotatable bonds is 3. The predicted octanol–water partition coefficient (Wildman–Crippen LogP) is 0.766. The van der Waals surface area contributed by atoms with Crippen LogP contribution in [0.4, 0.5) is 0 Å². The van der Waals surface area contributed by atoms with Crippen molar-refractivity contribution in [1.82, 2.24) is 15.1 Å². The number of nitrogens with one attached hydrogen (secondary N) is 1. The number of likely N-dealkylation sites (tertiary alicyclic amines) is 1. The lowest BCUT2D eigenvalue weighted by molar-refractivity contribution is 0.121. The molecule has 3 rings (SSSR count). The second-order valence-corrected chi connectivity index (χ2v) is 5.78. The van der Waals surface area contributed by atoms with Crippen molar-refractivity contribution in [2.24, 2.45) is 5.92 Å². The van der Waals surface area contributed by atoms with E-state index in [9.17, 15) is 0 Å². The number of nitrogens with zero attached hydrogens (tertiary/aromatic N) is 2. The highest BCUT2D eigenvalue weighted by molar-refractivity contribution is 4.88. The average molecular weight is 223 g/mol. The Kier molecular flexibility index (Phi) is 3.46. The largest absolute Gasteiger partial charge is 0.314 e. The van der Waals surface area contributed by atoms with Gasteiger partial charge in [-0.1, -0.05) is 0 Å². The summed E-state index contributed by atoms with van der Waals surface area (Å²) >= 11 is 0. The first-order valence-electron chi connectivity index (χ1n) is 7.09. The Bertz CT molecular complexity index is 221. The van der Waals surface area contributed by atoms with Crippen molar-refractivity contribution in [3.05, 3.63) is 0 Å². The molecule has 0 amide bonds. The Hall–Kier alpha value is -0.120. The van der Waals surface area contributed by atoms with Gasteiger partial charge in [-0.25, -0.2) is 0 Å². The van der Waals surface area contributed by atoms with Gasteiger partial charge in [-0.3, -0.25) is 0 Å². The summed E-state index contributed by atoms with van der Waals surface area (Å²) in [7, 11) is 0. The standard InChI is InChI=1S/C13H25N3/c1-2-12(10-15-8-5-14-6-9-15)11-16(7-1)13-3-4-13/h12-14H,1-11H2/t12-/m1/s1. The van der Waals surface area contributed by atoms with Gasteiger partial charge in [-0.2, -0.15) is 0 Å². The minimum Gasteiger partial charge on any atom is -0.314 e. The highest BCUT2D eigenvalue weighted by atomic mass is 15.2. The normalized spacial score (nSPS) is 34.1. The molecule has 1 N–H and O–H groups in total. The van der Waals surface area contributed by atoms with Gasteiger partial charge < -0.3 is 15.1 Å². The summed E-state index contributed by atoms with van der Waals surface area (Å²) < 4.78 is 0. The Balaban J connectivity index is 1.46. The molecule has 0 spiro atoms. The van der Waals surface area contributed by atoms with Crippen molar-refractivity contribution in [3.63, 3.8) is 0 Å². The van der Waals surface area contributed by atoms with Crippen LogP contribution < -0.4 is 5.32 Å². The van der Waals surface area contributed by atoms with Crippen molar-refractivity contribution in [3.8, 4) is 0 Å². The zero-order valence-electron chi connectivity index (χ0n) is 10.3. The molecule has 3 heteroatoms. The Morgan fingerprint density at radius 1 is 1.00 bits per heavy atom. The van der Waals surface area contributed by atoms with E-state index >= 15 is 0 Å². The second-order valence-electron chi connectivity index (χ2n) is 5.78. The van der Waals surface area contributed by atoms with Crippen molar-refractivity contribution < 1.29 is 0 Å². The summed E-state index contributed by atoms with van der Waals surface area (Å²) in [5, 5.41) is 3.44. The van der Waals surface area contributed by atoms with Gasteiger partial charge in [-0.15, -0.1) is 0 Å². The monoisotopic (exact) mass is 223 g/mol. The Labute approximate surface area is 99.2 Å². The van der Waals surface area contributed by atoms with E-state index in [4.69, 9.17) is 0 Å². The van der Waals surface area contributed by atoms with Crippen LogP contribution in [0.25, 0.3) is 0 Å². The molecule has 3 nitrogen and oxygen atoms in total. The van der Waals surface area contributed by atoms with Crippen LogP contribution in [0.3, 0.4) is 0 Å². The van der Waals surface area contributed by atoms with Gasteiger partial charge in [0.15, 0.2) is 0 Å². The molecule has 1 aliphatic carbocycles. The molecule has 0 aromatic heterocycles. The molecule has 0 bridgehead atoms. The fourth-order valence-corrected chi connectivity index (χ4v) is 3.28. The summed E-state index contributed by atoms with van der Waals surface area (Å²) in [6, 6.07) is 0.978.